The molecule has 6 N–H and O–H groups in total. The van der Waals surface area contributed by atoms with E-state index in [1.54, 1.807) is 26.8 Å². The van der Waals surface area contributed by atoms with Gasteiger partial charge in [0.1, 0.15) is 23.4 Å². The molecule has 0 aliphatic rings. The van der Waals surface area contributed by atoms with Crippen LogP contribution in [-0.4, -0.2) is 70.3 Å². The fourth-order valence-corrected chi connectivity index (χ4v) is 3.52. The number of primary amides is 1. The third-order valence-electron chi connectivity index (χ3n) is 5.12. The highest BCUT2D eigenvalue weighted by molar-refractivity contribution is 5.92. The van der Waals surface area contributed by atoms with Crippen molar-refractivity contribution in [2.75, 3.05) is 19.7 Å². The second-order valence-corrected chi connectivity index (χ2v) is 9.45. The summed E-state index contributed by atoms with van der Waals surface area (Å²) >= 11 is 0. The highest BCUT2D eigenvalue weighted by Gasteiger charge is 2.36. The maximum atomic E-state index is 13.7. The largest absolute Gasteiger partial charge is 0.508 e. The van der Waals surface area contributed by atoms with Crippen LogP contribution in [0.3, 0.4) is 0 Å². The average molecular weight is 509 g/mol. The van der Waals surface area contributed by atoms with E-state index in [1.165, 1.54) is 18.2 Å². The fourth-order valence-electron chi connectivity index (χ4n) is 3.52. The molecule has 0 saturated heterocycles. The van der Waals surface area contributed by atoms with Crippen LogP contribution in [0, 0.1) is 0 Å². The van der Waals surface area contributed by atoms with E-state index in [0.29, 0.717) is 12.1 Å². The number of aliphatic hydroxyl groups excluding tert-OH is 1. The lowest BCUT2D eigenvalue weighted by molar-refractivity contribution is -0.143. The van der Waals surface area contributed by atoms with E-state index < -0.39 is 48.1 Å². The second kappa shape index (κ2) is 14.9. The molecular formula is C25H40N4O7. The molecule has 0 aliphatic carbocycles. The van der Waals surface area contributed by atoms with Crippen molar-refractivity contribution in [1.82, 2.24) is 15.5 Å². The lowest BCUT2D eigenvalue weighted by atomic mass is 10.0. The molecule has 4 amide bonds. The number of carbonyl (C=O) groups is 4. The first-order valence-electron chi connectivity index (χ1n) is 12.1. The van der Waals surface area contributed by atoms with Crippen LogP contribution in [-0.2, 0) is 19.1 Å². The molecule has 0 aliphatic heterocycles. The molecule has 202 valence electrons. The molecule has 1 aromatic rings. The summed E-state index contributed by atoms with van der Waals surface area (Å²) in [5, 5.41) is 25.0. The summed E-state index contributed by atoms with van der Waals surface area (Å²) < 4.78 is 5.25. The molecule has 1 rings (SSSR count). The van der Waals surface area contributed by atoms with Gasteiger partial charge in [0.05, 0.1) is 6.61 Å². The molecule has 0 spiro atoms. The Hall–Kier alpha value is -3.34. The van der Waals surface area contributed by atoms with Gasteiger partial charge in [-0.3, -0.25) is 14.4 Å². The number of carbonyl (C=O) groups excluding carboxylic acids is 4. The number of benzene rings is 1. The van der Waals surface area contributed by atoms with Crippen LogP contribution in [0.2, 0.25) is 0 Å². The topological polar surface area (TPSA) is 171 Å². The molecule has 0 aromatic heterocycles. The second-order valence-electron chi connectivity index (χ2n) is 9.45. The molecule has 11 nitrogen and oxygen atoms in total. The molecule has 2 unspecified atom stereocenters. The Kier molecular flexibility index (Phi) is 12.7. The lowest BCUT2D eigenvalue weighted by Gasteiger charge is -2.34. The predicted octanol–water partition coefficient (Wildman–Crippen LogP) is 1.72. The van der Waals surface area contributed by atoms with E-state index in [0.717, 1.165) is 24.2 Å². The Morgan fingerprint density at radius 3 is 2.42 bits per heavy atom. The molecule has 11 heteroatoms. The molecule has 0 saturated carbocycles. The van der Waals surface area contributed by atoms with E-state index in [1.807, 2.05) is 6.92 Å². The predicted molar refractivity (Wildman–Crippen MR) is 134 cm³/mol. The van der Waals surface area contributed by atoms with Crippen molar-refractivity contribution >= 4 is 23.8 Å². The minimum absolute atomic E-state index is 0.107. The number of amides is 4. The zero-order valence-corrected chi connectivity index (χ0v) is 21.6. The Balaban J connectivity index is 3.36. The summed E-state index contributed by atoms with van der Waals surface area (Å²) in [7, 11) is 0. The molecule has 36 heavy (non-hydrogen) atoms. The van der Waals surface area contributed by atoms with Gasteiger partial charge in [-0.15, -0.1) is 0 Å². The number of hydrogen-bond acceptors (Lipinski definition) is 7. The summed E-state index contributed by atoms with van der Waals surface area (Å²) in [6, 6.07) is 3.42. The monoisotopic (exact) mass is 508 g/mol. The molecule has 0 radical (unpaired) electrons. The summed E-state index contributed by atoms with van der Waals surface area (Å²) in [6.07, 6.45) is 1.38. The summed E-state index contributed by atoms with van der Waals surface area (Å²) in [5.41, 5.74) is 4.74. The number of ether oxygens (including phenoxy) is 1. The maximum absolute atomic E-state index is 13.7. The van der Waals surface area contributed by atoms with Gasteiger partial charge >= 0.3 is 6.09 Å². The van der Waals surface area contributed by atoms with E-state index >= 15 is 0 Å². The van der Waals surface area contributed by atoms with Gasteiger partial charge in [-0.1, -0.05) is 31.9 Å². The SMILES string of the molecule is CCCCCNC(=O)C(c1cccc(O)c1)N(CCO)C(=O)C(CCC(N)=O)NC(=O)OC(C)(C)C. The Morgan fingerprint density at radius 1 is 1.17 bits per heavy atom. The Labute approximate surface area is 212 Å². The molecule has 0 fully saturated rings. The van der Waals surface area contributed by atoms with Crippen molar-refractivity contribution in [3.05, 3.63) is 29.8 Å². The highest BCUT2D eigenvalue weighted by atomic mass is 16.6. The summed E-state index contributed by atoms with van der Waals surface area (Å²) in [4.78, 5) is 51.9. The lowest BCUT2D eigenvalue weighted by Crippen LogP contribution is -2.54. The molecule has 2 atom stereocenters. The normalized spacial score (nSPS) is 12.8. The number of nitrogens with two attached hydrogens (primary N) is 1. The van der Waals surface area contributed by atoms with Gasteiger partial charge in [0.25, 0.3) is 0 Å². The zero-order chi connectivity index (χ0) is 27.3. The van der Waals surface area contributed by atoms with Crippen LogP contribution in [0.15, 0.2) is 24.3 Å². The minimum atomic E-state index is -1.26. The standard InChI is InChI=1S/C25H40N4O7/c1-5-6-7-13-27-22(33)21(17-9-8-10-18(31)16-17)29(14-15-30)23(34)19(11-12-20(26)32)28-24(35)36-25(2,3)4/h8-10,16,19,21,30-31H,5-7,11-15H2,1-4H3,(H2,26,32)(H,27,33)(H,28,35). The van der Waals surface area contributed by atoms with Crippen LogP contribution in [0.1, 0.15) is 71.4 Å². The number of phenolic OH excluding ortho intramolecular Hbond substituents is 1. The van der Waals surface area contributed by atoms with Gasteiger partial charge in [0.2, 0.25) is 17.7 Å². The van der Waals surface area contributed by atoms with Gasteiger partial charge in [0, 0.05) is 19.5 Å². The van der Waals surface area contributed by atoms with Crippen LogP contribution >= 0.6 is 0 Å². The van der Waals surface area contributed by atoms with Gasteiger partial charge < -0.3 is 36.2 Å². The number of alkyl carbamates (subject to hydrolysis) is 1. The van der Waals surface area contributed by atoms with Crippen LogP contribution in [0.5, 0.6) is 5.75 Å². The van der Waals surface area contributed by atoms with Crippen LogP contribution < -0.4 is 16.4 Å². The van der Waals surface area contributed by atoms with Gasteiger partial charge in [-0.2, -0.15) is 0 Å². The van der Waals surface area contributed by atoms with Crippen molar-refractivity contribution < 1.29 is 34.1 Å². The number of nitrogens with zero attached hydrogens (tertiary/aromatic N) is 1. The highest BCUT2D eigenvalue weighted by Crippen LogP contribution is 2.26. The van der Waals surface area contributed by atoms with Gasteiger partial charge in [0.15, 0.2) is 0 Å². The van der Waals surface area contributed by atoms with E-state index in [2.05, 4.69) is 10.6 Å². The van der Waals surface area contributed by atoms with Gasteiger partial charge in [-0.25, -0.2) is 4.79 Å². The first kappa shape index (κ1) is 30.7. The first-order valence-corrected chi connectivity index (χ1v) is 12.1. The third kappa shape index (κ3) is 10.9. The van der Waals surface area contributed by atoms with E-state index in [-0.39, 0.29) is 25.1 Å². The van der Waals surface area contributed by atoms with Crippen LogP contribution in [0.25, 0.3) is 0 Å². The Morgan fingerprint density at radius 2 is 1.86 bits per heavy atom. The minimum Gasteiger partial charge on any atom is -0.508 e. The number of hydrogen-bond donors (Lipinski definition) is 5. The molecule has 1 aromatic carbocycles. The van der Waals surface area contributed by atoms with Crippen molar-refractivity contribution in [1.29, 1.82) is 0 Å². The number of aliphatic hydroxyl groups is 1. The zero-order valence-electron chi connectivity index (χ0n) is 21.6. The maximum Gasteiger partial charge on any atom is 0.408 e. The average Bonchev–Trinajstić information content (AvgIpc) is 2.77. The van der Waals surface area contributed by atoms with Gasteiger partial charge in [-0.05, 0) is 51.3 Å². The van der Waals surface area contributed by atoms with Crippen LogP contribution in [0.4, 0.5) is 4.79 Å². The molecule has 0 bridgehead atoms. The number of nitrogens with one attached hydrogen (secondary N) is 2. The molecule has 0 heterocycles. The smallest absolute Gasteiger partial charge is 0.408 e. The quantitative estimate of drug-likeness (QED) is 0.238. The van der Waals surface area contributed by atoms with E-state index in [4.69, 9.17) is 10.5 Å². The number of unbranched alkanes of at least 4 members (excludes halogenated alkanes) is 2. The summed E-state index contributed by atoms with van der Waals surface area (Å²) in [5.74, 6) is -2.01. The third-order valence-corrected chi connectivity index (χ3v) is 5.12. The van der Waals surface area contributed by atoms with Crippen molar-refractivity contribution in [2.45, 2.75) is 77.5 Å². The van der Waals surface area contributed by atoms with Crippen molar-refractivity contribution in [2.24, 2.45) is 5.73 Å². The Bertz CT molecular complexity index is 885. The number of phenols is 1. The number of aromatic hydroxyl groups is 1. The van der Waals surface area contributed by atoms with Crippen molar-refractivity contribution in [3.63, 3.8) is 0 Å². The number of rotatable bonds is 14. The fraction of sp³-hybridized carbons (Fsp3) is 0.600. The molecular weight excluding hydrogens is 468 g/mol. The first-order chi connectivity index (χ1) is 16.9. The van der Waals surface area contributed by atoms with E-state index in [9.17, 15) is 29.4 Å². The summed E-state index contributed by atoms with van der Waals surface area (Å²) in [6.45, 7) is 6.67. The van der Waals surface area contributed by atoms with Crippen molar-refractivity contribution in [3.8, 4) is 5.75 Å².